The molecular formula is C15H24BrNO3S. The topological polar surface area (TPSA) is 55.4 Å². The van der Waals surface area contributed by atoms with E-state index in [1.165, 1.54) is 6.26 Å². The van der Waals surface area contributed by atoms with E-state index < -0.39 is 9.84 Å². The summed E-state index contributed by atoms with van der Waals surface area (Å²) in [6.07, 6.45) is 3.72. The summed E-state index contributed by atoms with van der Waals surface area (Å²) in [5.74, 6) is 1.04. The average molecular weight is 378 g/mol. The van der Waals surface area contributed by atoms with Crippen LogP contribution in [0.5, 0.6) is 5.75 Å². The molecule has 0 aromatic heterocycles. The summed E-state index contributed by atoms with van der Waals surface area (Å²) in [5, 5.41) is 3.48. The maximum Gasteiger partial charge on any atom is 0.147 e. The van der Waals surface area contributed by atoms with Gasteiger partial charge in [0.1, 0.15) is 15.6 Å². The molecule has 0 aliphatic heterocycles. The van der Waals surface area contributed by atoms with E-state index in [4.69, 9.17) is 4.74 Å². The Balaban J connectivity index is 2.86. The molecule has 0 radical (unpaired) electrons. The molecule has 1 N–H and O–H groups in total. The van der Waals surface area contributed by atoms with Crippen molar-refractivity contribution in [3.05, 3.63) is 28.2 Å². The summed E-state index contributed by atoms with van der Waals surface area (Å²) in [6, 6.07) is 6.05. The van der Waals surface area contributed by atoms with Crippen LogP contribution in [0, 0.1) is 0 Å². The van der Waals surface area contributed by atoms with Gasteiger partial charge in [0.05, 0.1) is 7.11 Å². The molecule has 0 aliphatic carbocycles. The Morgan fingerprint density at radius 2 is 2.10 bits per heavy atom. The van der Waals surface area contributed by atoms with Crippen molar-refractivity contribution in [1.82, 2.24) is 5.32 Å². The van der Waals surface area contributed by atoms with E-state index in [0.29, 0.717) is 6.42 Å². The Morgan fingerprint density at radius 3 is 2.67 bits per heavy atom. The molecule has 120 valence electrons. The number of benzene rings is 1. The van der Waals surface area contributed by atoms with Crippen molar-refractivity contribution in [2.45, 2.75) is 32.2 Å². The fourth-order valence-electron chi connectivity index (χ4n) is 2.21. The predicted molar refractivity (Wildman–Crippen MR) is 90.7 cm³/mol. The molecule has 0 saturated heterocycles. The van der Waals surface area contributed by atoms with E-state index in [1.54, 1.807) is 7.11 Å². The zero-order chi connectivity index (χ0) is 15.9. The largest absolute Gasteiger partial charge is 0.496 e. The van der Waals surface area contributed by atoms with Crippen LogP contribution in [0.1, 0.15) is 37.8 Å². The summed E-state index contributed by atoms with van der Waals surface area (Å²) < 4.78 is 29.0. The van der Waals surface area contributed by atoms with Gasteiger partial charge in [0, 0.05) is 28.1 Å². The van der Waals surface area contributed by atoms with Gasteiger partial charge in [-0.2, -0.15) is 0 Å². The lowest BCUT2D eigenvalue weighted by molar-refractivity contribution is 0.394. The fourth-order valence-corrected chi connectivity index (χ4v) is 3.24. The van der Waals surface area contributed by atoms with Crippen LogP contribution in [0.15, 0.2) is 22.7 Å². The van der Waals surface area contributed by atoms with Gasteiger partial charge in [0.15, 0.2) is 0 Å². The van der Waals surface area contributed by atoms with Gasteiger partial charge in [-0.1, -0.05) is 28.9 Å². The summed E-state index contributed by atoms with van der Waals surface area (Å²) in [5.41, 5.74) is 1.07. The number of nitrogens with one attached hydrogen (secondary N) is 1. The van der Waals surface area contributed by atoms with E-state index in [0.717, 1.165) is 35.2 Å². The second-order valence-electron chi connectivity index (χ2n) is 5.17. The molecule has 0 saturated carbocycles. The number of rotatable bonds is 9. The Hall–Kier alpha value is -0.590. The van der Waals surface area contributed by atoms with E-state index in [9.17, 15) is 8.42 Å². The molecule has 4 nitrogen and oxygen atoms in total. The minimum Gasteiger partial charge on any atom is -0.496 e. The van der Waals surface area contributed by atoms with Gasteiger partial charge in [-0.05, 0) is 37.9 Å². The van der Waals surface area contributed by atoms with Gasteiger partial charge < -0.3 is 10.1 Å². The van der Waals surface area contributed by atoms with Gasteiger partial charge in [0.25, 0.3) is 0 Å². The highest BCUT2D eigenvalue weighted by Gasteiger charge is 2.16. The number of hydrogen-bond acceptors (Lipinski definition) is 4. The third-order valence-corrected chi connectivity index (χ3v) is 4.74. The zero-order valence-corrected chi connectivity index (χ0v) is 15.3. The molecule has 0 aliphatic rings. The summed E-state index contributed by atoms with van der Waals surface area (Å²) in [4.78, 5) is 0. The number of ether oxygens (including phenoxy) is 1. The lowest BCUT2D eigenvalue weighted by Gasteiger charge is -2.21. The number of sulfone groups is 1. The van der Waals surface area contributed by atoms with Gasteiger partial charge in [0.2, 0.25) is 0 Å². The van der Waals surface area contributed by atoms with Crippen LogP contribution in [0.25, 0.3) is 0 Å². The van der Waals surface area contributed by atoms with Gasteiger partial charge in [-0.3, -0.25) is 0 Å². The first-order valence-corrected chi connectivity index (χ1v) is 9.97. The number of hydrogen-bond donors (Lipinski definition) is 1. The molecule has 0 fully saturated rings. The van der Waals surface area contributed by atoms with Crippen molar-refractivity contribution in [2.24, 2.45) is 0 Å². The molecule has 0 amide bonds. The standard InChI is InChI=1S/C15H24BrNO3S/c1-4-9-17-14(6-5-10-21(3,18)19)13-8-7-12(16)11-15(13)20-2/h7-8,11,14,17H,4-6,9-10H2,1-3H3. The van der Waals surface area contributed by atoms with Crippen LogP contribution in [0.3, 0.4) is 0 Å². The lowest BCUT2D eigenvalue weighted by atomic mass is 10.0. The molecular weight excluding hydrogens is 354 g/mol. The minimum atomic E-state index is -2.91. The van der Waals surface area contributed by atoms with Crippen LogP contribution in [0.2, 0.25) is 0 Å². The molecule has 1 aromatic rings. The second-order valence-corrected chi connectivity index (χ2v) is 8.34. The number of halogens is 1. The first kappa shape index (κ1) is 18.5. The minimum absolute atomic E-state index is 0.106. The summed E-state index contributed by atoms with van der Waals surface area (Å²) in [6.45, 7) is 3.00. The Kier molecular flexibility index (Phi) is 7.70. The number of methoxy groups -OCH3 is 1. The summed E-state index contributed by atoms with van der Waals surface area (Å²) >= 11 is 3.44. The highest BCUT2D eigenvalue weighted by Crippen LogP contribution is 2.31. The van der Waals surface area contributed by atoms with Crippen LogP contribution in [0.4, 0.5) is 0 Å². The maximum atomic E-state index is 11.3. The third kappa shape index (κ3) is 6.80. The summed E-state index contributed by atoms with van der Waals surface area (Å²) in [7, 11) is -1.26. The Morgan fingerprint density at radius 1 is 1.38 bits per heavy atom. The third-order valence-electron chi connectivity index (χ3n) is 3.22. The first-order chi connectivity index (χ1) is 9.87. The molecule has 1 unspecified atom stereocenters. The monoisotopic (exact) mass is 377 g/mol. The van der Waals surface area contributed by atoms with Crippen molar-refractivity contribution in [2.75, 3.05) is 25.7 Å². The molecule has 1 aromatic carbocycles. The first-order valence-electron chi connectivity index (χ1n) is 7.12. The van der Waals surface area contributed by atoms with Crippen molar-refractivity contribution in [3.8, 4) is 5.75 Å². The molecule has 6 heteroatoms. The quantitative estimate of drug-likeness (QED) is 0.716. The molecule has 21 heavy (non-hydrogen) atoms. The zero-order valence-electron chi connectivity index (χ0n) is 12.9. The van der Waals surface area contributed by atoms with E-state index in [1.807, 2.05) is 18.2 Å². The smallest absolute Gasteiger partial charge is 0.147 e. The molecule has 1 rings (SSSR count). The van der Waals surface area contributed by atoms with Gasteiger partial charge in [-0.25, -0.2) is 8.42 Å². The van der Waals surface area contributed by atoms with E-state index in [2.05, 4.69) is 28.2 Å². The van der Waals surface area contributed by atoms with E-state index >= 15 is 0 Å². The lowest BCUT2D eigenvalue weighted by Crippen LogP contribution is -2.23. The van der Waals surface area contributed by atoms with Crippen LogP contribution >= 0.6 is 15.9 Å². The normalized spacial score (nSPS) is 13.1. The molecule has 0 bridgehead atoms. The van der Waals surface area contributed by atoms with Crippen LogP contribution in [-0.4, -0.2) is 34.1 Å². The second kappa shape index (κ2) is 8.76. The Bertz CT molecular complexity index is 546. The average Bonchev–Trinajstić information content (AvgIpc) is 2.41. The van der Waals surface area contributed by atoms with Crippen molar-refractivity contribution < 1.29 is 13.2 Å². The fraction of sp³-hybridized carbons (Fsp3) is 0.600. The SMILES string of the molecule is CCCNC(CCCS(C)(=O)=O)c1ccc(Br)cc1OC. The Labute approximate surface area is 136 Å². The predicted octanol–water partition coefficient (Wildman–Crippen LogP) is 3.32. The van der Waals surface area contributed by atoms with Crippen molar-refractivity contribution in [3.63, 3.8) is 0 Å². The molecule has 0 heterocycles. The highest BCUT2D eigenvalue weighted by molar-refractivity contribution is 9.10. The maximum absolute atomic E-state index is 11.3. The molecule has 1 atom stereocenters. The highest BCUT2D eigenvalue weighted by atomic mass is 79.9. The molecule has 0 spiro atoms. The van der Waals surface area contributed by atoms with Gasteiger partial charge in [-0.15, -0.1) is 0 Å². The van der Waals surface area contributed by atoms with Gasteiger partial charge >= 0.3 is 0 Å². The van der Waals surface area contributed by atoms with Crippen molar-refractivity contribution in [1.29, 1.82) is 0 Å². The van der Waals surface area contributed by atoms with Crippen LogP contribution < -0.4 is 10.1 Å². The van der Waals surface area contributed by atoms with Crippen LogP contribution in [-0.2, 0) is 9.84 Å². The van der Waals surface area contributed by atoms with Crippen molar-refractivity contribution >= 4 is 25.8 Å². The van der Waals surface area contributed by atoms with E-state index in [-0.39, 0.29) is 11.8 Å².